The van der Waals surface area contributed by atoms with Gasteiger partial charge in [0.15, 0.2) is 0 Å². The second-order valence-electron chi connectivity index (χ2n) is 2.87. The molecule has 1 N–H and O–H groups in total. The van der Waals surface area contributed by atoms with Crippen LogP contribution in [0.2, 0.25) is 0 Å². The molecule has 13 heavy (non-hydrogen) atoms. The molecule has 1 saturated heterocycles. The van der Waals surface area contributed by atoms with Crippen LogP contribution in [0.1, 0.15) is 12.8 Å². The molecule has 0 radical (unpaired) electrons. The first-order valence-corrected chi connectivity index (χ1v) is 5.10. The minimum atomic E-state index is 0. The minimum Gasteiger partial charge on any atom is -0.467 e. The summed E-state index contributed by atoms with van der Waals surface area (Å²) in [5, 5.41) is 6.05. The second-order valence-corrected chi connectivity index (χ2v) is 3.72. The predicted molar refractivity (Wildman–Crippen MR) is 55.9 cm³/mol. The van der Waals surface area contributed by atoms with Crippen molar-refractivity contribution >= 4 is 23.7 Å². The fourth-order valence-electron chi connectivity index (χ4n) is 1.32. The highest BCUT2D eigenvalue weighted by atomic mass is 35.5. The van der Waals surface area contributed by atoms with E-state index in [9.17, 15) is 0 Å². The Bertz CT molecular complexity index is 224. The van der Waals surface area contributed by atoms with Gasteiger partial charge in [-0.3, -0.25) is 0 Å². The monoisotopic (exact) mass is 220 g/mol. The first kappa shape index (κ1) is 10.8. The highest BCUT2D eigenvalue weighted by Gasteiger charge is 2.14. The normalized spacial score (nSPS) is 17.8. The Balaban J connectivity index is 0.000000845. The third-order valence-electron chi connectivity index (χ3n) is 1.96. The van der Waals surface area contributed by atoms with E-state index in [0.29, 0.717) is 6.10 Å². The molecule has 0 aromatic carbocycles. The van der Waals surface area contributed by atoms with Crippen molar-refractivity contribution in [2.75, 3.05) is 13.1 Å². The van der Waals surface area contributed by atoms with Gasteiger partial charge in [-0.25, -0.2) is 4.98 Å². The maximum absolute atomic E-state index is 5.66. The van der Waals surface area contributed by atoms with Crippen LogP contribution in [0.25, 0.3) is 0 Å². The molecule has 1 fully saturated rings. The highest BCUT2D eigenvalue weighted by Crippen LogP contribution is 2.18. The molecule has 5 heteroatoms. The van der Waals surface area contributed by atoms with Gasteiger partial charge in [0, 0.05) is 11.6 Å². The van der Waals surface area contributed by atoms with Crippen LogP contribution in [0.15, 0.2) is 11.6 Å². The van der Waals surface area contributed by atoms with Crippen LogP contribution in [-0.2, 0) is 0 Å². The van der Waals surface area contributed by atoms with Gasteiger partial charge in [0.25, 0.3) is 5.19 Å². The third-order valence-corrected chi connectivity index (χ3v) is 2.62. The number of rotatable bonds is 2. The molecule has 1 aliphatic heterocycles. The van der Waals surface area contributed by atoms with Gasteiger partial charge in [0.2, 0.25) is 0 Å². The summed E-state index contributed by atoms with van der Waals surface area (Å²) in [5.41, 5.74) is 0. The molecule has 0 saturated carbocycles. The third kappa shape index (κ3) is 3.14. The van der Waals surface area contributed by atoms with E-state index >= 15 is 0 Å². The number of halogens is 1. The molecule has 0 spiro atoms. The molecule has 0 bridgehead atoms. The largest absolute Gasteiger partial charge is 0.467 e. The average molecular weight is 221 g/mol. The topological polar surface area (TPSA) is 34.1 Å². The molecular formula is C8H13ClN2OS. The van der Waals surface area contributed by atoms with Crippen LogP contribution in [-0.4, -0.2) is 24.2 Å². The van der Waals surface area contributed by atoms with E-state index in [-0.39, 0.29) is 12.4 Å². The van der Waals surface area contributed by atoms with Gasteiger partial charge >= 0.3 is 0 Å². The molecule has 2 heterocycles. The van der Waals surface area contributed by atoms with E-state index in [4.69, 9.17) is 4.74 Å². The van der Waals surface area contributed by atoms with Crippen molar-refractivity contribution in [2.24, 2.45) is 0 Å². The van der Waals surface area contributed by atoms with Crippen molar-refractivity contribution in [3.05, 3.63) is 11.6 Å². The predicted octanol–water partition coefficient (Wildman–Crippen LogP) is 1.70. The zero-order chi connectivity index (χ0) is 8.23. The number of hydrogen-bond donors (Lipinski definition) is 1. The standard InChI is InChI=1S/C8H12N2OS.ClH/c1-3-9-4-2-7(1)11-8-10-5-6-12-8;/h5-7,9H,1-4H2;1H. The maximum Gasteiger partial charge on any atom is 0.273 e. The average Bonchev–Trinajstić information content (AvgIpc) is 2.59. The lowest BCUT2D eigenvalue weighted by atomic mass is 10.1. The molecule has 0 atom stereocenters. The van der Waals surface area contributed by atoms with Gasteiger partial charge in [-0.1, -0.05) is 11.3 Å². The zero-order valence-corrected chi connectivity index (χ0v) is 8.87. The summed E-state index contributed by atoms with van der Waals surface area (Å²) in [4.78, 5) is 4.09. The number of nitrogens with one attached hydrogen (secondary N) is 1. The maximum atomic E-state index is 5.66. The van der Waals surface area contributed by atoms with E-state index < -0.39 is 0 Å². The van der Waals surface area contributed by atoms with E-state index in [2.05, 4.69) is 10.3 Å². The Morgan fingerprint density at radius 1 is 1.46 bits per heavy atom. The molecular weight excluding hydrogens is 208 g/mol. The zero-order valence-electron chi connectivity index (χ0n) is 7.23. The van der Waals surface area contributed by atoms with E-state index in [0.717, 1.165) is 31.1 Å². The first-order chi connectivity index (χ1) is 5.95. The van der Waals surface area contributed by atoms with Gasteiger partial charge in [-0.15, -0.1) is 12.4 Å². The quantitative estimate of drug-likeness (QED) is 0.824. The van der Waals surface area contributed by atoms with Crippen LogP contribution >= 0.6 is 23.7 Å². The minimum absolute atomic E-state index is 0. The lowest BCUT2D eigenvalue weighted by molar-refractivity contribution is 0.162. The Kier molecular flexibility index (Phi) is 4.48. The molecule has 0 unspecified atom stereocenters. The van der Waals surface area contributed by atoms with Crippen molar-refractivity contribution in [3.63, 3.8) is 0 Å². The number of nitrogens with zero attached hydrogens (tertiary/aromatic N) is 1. The summed E-state index contributed by atoms with van der Waals surface area (Å²) in [6.45, 7) is 2.13. The van der Waals surface area contributed by atoms with Crippen molar-refractivity contribution in [2.45, 2.75) is 18.9 Å². The number of piperidine rings is 1. The molecule has 1 aromatic heterocycles. The Labute approximate surface area is 87.9 Å². The van der Waals surface area contributed by atoms with Gasteiger partial charge in [-0.2, -0.15) is 0 Å². The van der Waals surface area contributed by atoms with Crippen molar-refractivity contribution in [1.82, 2.24) is 10.3 Å². The summed E-state index contributed by atoms with van der Waals surface area (Å²) in [5.74, 6) is 0. The van der Waals surface area contributed by atoms with Gasteiger partial charge in [0.05, 0.1) is 0 Å². The fraction of sp³-hybridized carbons (Fsp3) is 0.625. The number of aromatic nitrogens is 1. The van der Waals surface area contributed by atoms with Crippen molar-refractivity contribution in [1.29, 1.82) is 0 Å². The molecule has 2 rings (SSSR count). The number of thiazole rings is 1. The number of ether oxygens (including phenoxy) is 1. The summed E-state index contributed by atoms with van der Waals surface area (Å²) in [7, 11) is 0. The van der Waals surface area contributed by atoms with Crippen LogP contribution in [0.3, 0.4) is 0 Å². The molecule has 1 aliphatic rings. The van der Waals surface area contributed by atoms with Crippen LogP contribution < -0.4 is 10.1 Å². The molecule has 74 valence electrons. The van der Waals surface area contributed by atoms with E-state index in [1.165, 1.54) is 0 Å². The summed E-state index contributed by atoms with van der Waals surface area (Å²) < 4.78 is 5.66. The SMILES string of the molecule is Cl.c1csc(OC2CCNCC2)n1. The van der Waals surface area contributed by atoms with E-state index in [1.54, 1.807) is 17.5 Å². The van der Waals surface area contributed by atoms with Gasteiger partial charge in [-0.05, 0) is 25.9 Å². The van der Waals surface area contributed by atoms with Gasteiger partial charge < -0.3 is 10.1 Å². The lowest BCUT2D eigenvalue weighted by Crippen LogP contribution is -2.34. The summed E-state index contributed by atoms with van der Waals surface area (Å²) in [6.07, 6.45) is 4.35. The fourth-order valence-corrected chi connectivity index (χ4v) is 1.88. The Morgan fingerprint density at radius 2 is 2.23 bits per heavy atom. The van der Waals surface area contributed by atoms with Crippen LogP contribution in [0, 0.1) is 0 Å². The Morgan fingerprint density at radius 3 is 2.85 bits per heavy atom. The van der Waals surface area contributed by atoms with Crippen molar-refractivity contribution in [3.8, 4) is 5.19 Å². The smallest absolute Gasteiger partial charge is 0.273 e. The summed E-state index contributed by atoms with van der Waals surface area (Å²) >= 11 is 1.56. The molecule has 3 nitrogen and oxygen atoms in total. The van der Waals surface area contributed by atoms with Crippen molar-refractivity contribution < 1.29 is 4.74 Å². The van der Waals surface area contributed by atoms with E-state index in [1.807, 2.05) is 5.38 Å². The molecule has 1 aromatic rings. The van der Waals surface area contributed by atoms with Crippen LogP contribution in [0.5, 0.6) is 5.19 Å². The van der Waals surface area contributed by atoms with Gasteiger partial charge in [0.1, 0.15) is 6.10 Å². The highest BCUT2D eigenvalue weighted by molar-refractivity contribution is 7.11. The number of hydrogen-bond acceptors (Lipinski definition) is 4. The second kappa shape index (κ2) is 5.42. The molecule has 0 amide bonds. The summed E-state index contributed by atoms with van der Waals surface area (Å²) in [6, 6.07) is 0. The first-order valence-electron chi connectivity index (χ1n) is 4.22. The molecule has 0 aliphatic carbocycles. The van der Waals surface area contributed by atoms with Crippen LogP contribution in [0.4, 0.5) is 0 Å². The Hall–Kier alpha value is -0.320. The lowest BCUT2D eigenvalue weighted by Gasteiger charge is -2.22.